The van der Waals surface area contributed by atoms with Gasteiger partial charge in [-0.3, -0.25) is 4.79 Å². The summed E-state index contributed by atoms with van der Waals surface area (Å²) in [5.74, 6) is -1.18. The number of amides is 1. The van der Waals surface area contributed by atoms with Gasteiger partial charge in [-0.1, -0.05) is 0 Å². The van der Waals surface area contributed by atoms with E-state index in [9.17, 15) is 4.79 Å². The Balaban J connectivity index is 2.17. The van der Waals surface area contributed by atoms with E-state index in [1.165, 1.54) is 0 Å². The highest BCUT2D eigenvalue weighted by atomic mass is 16.7. The molecule has 1 atom stereocenters. The number of ether oxygens (including phenoxy) is 2. The van der Waals surface area contributed by atoms with Crippen LogP contribution in [0.4, 0.5) is 0 Å². The first-order valence-electron chi connectivity index (χ1n) is 4.32. The summed E-state index contributed by atoms with van der Waals surface area (Å²) < 4.78 is 10.9. The average Bonchev–Trinajstić information content (AvgIpc) is 2.61. The molecule has 2 aliphatic rings. The minimum Gasteiger partial charge on any atom is -0.369 e. The molecule has 1 unspecified atom stereocenters. The zero-order valence-electron chi connectivity index (χ0n) is 6.91. The lowest BCUT2D eigenvalue weighted by atomic mass is 10.0. The van der Waals surface area contributed by atoms with E-state index in [1.54, 1.807) is 0 Å². The van der Waals surface area contributed by atoms with Gasteiger partial charge in [-0.05, 0) is 12.8 Å². The summed E-state index contributed by atoms with van der Waals surface area (Å²) in [6.07, 6.45) is 2.57. The van der Waals surface area contributed by atoms with Crippen molar-refractivity contribution in [3.8, 4) is 0 Å². The molecule has 2 N–H and O–H groups in total. The van der Waals surface area contributed by atoms with E-state index in [1.807, 2.05) is 0 Å². The van der Waals surface area contributed by atoms with Crippen molar-refractivity contribution in [3.63, 3.8) is 0 Å². The highest BCUT2D eigenvalue weighted by Gasteiger charge is 2.50. The molecule has 0 aromatic heterocycles. The van der Waals surface area contributed by atoms with Crippen LogP contribution < -0.4 is 5.73 Å². The molecule has 1 heterocycles. The molecule has 0 bridgehead atoms. The normalized spacial score (nSPS) is 32.8. The molecular formula is C8H13NO3. The molecule has 1 spiro atoms. The summed E-state index contributed by atoms with van der Waals surface area (Å²) in [6, 6.07) is 0. The average molecular weight is 171 g/mol. The van der Waals surface area contributed by atoms with Crippen molar-refractivity contribution in [3.05, 3.63) is 0 Å². The number of hydrogen-bond acceptors (Lipinski definition) is 3. The van der Waals surface area contributed by atoms with Gasteiger partial charge in [-0.2, -0.15) is 0 Å². The largest absolute Gasteiger partial charge is 0.369 e. The molecule has 1 saturated heterocycles. The maximum Gasteiger partial charge on any atom is 0.225 e. The van der Waals surface area contributed by atoms with Crippen LogP contribution in [0.25, 0.3) is 0 Å². The summed E-state index contributed by atoms with van der Waals surface area (Å²) in [4.78, 5) is 11.0. The van der Waals surface area contributed by atoms with E-state index in [0.717, 1.165) is 19.3 Å². The first kappa shape index (κ1) is 8.01. The van der Waals surface area contributed by atoms with Gasteiger partial charge in [0.25, 0.3) is 0 Å². The van der Waals surface area contributed by atoms with E-state index in [4.69, 9.17) is 15.2 Å². The molecule has 1 aliphatic heterocycles. The fourth-order valence-corrected chi connectivity index (χ4v) is 2.12. The quantitative estimate of drug-likeness (QED) is 0.604. The van der Waals surface area contributed by atoms with Crippen LogP contribution in [0, 0.1) is 5.92 Å². The molecule has 2 fully saturated rings. The van der Waals surface area contributed by atoms with Gasteiger partial charge in [-0.15, -0.1) is 0 Å². The summed E-state index contributed by atoms with van der Waals surface area (Å²) in [7, 11) is 0. The Morgan fingerprint density at radius 1 is 1.42 bits per heavy atom. The van der Waals surface area contributed by atoms with Crippen LogP contribution in [-0.2, 0) is 14.3 Å². The van der Waals surface area contributed by atoms with Crippen molar-refractivity contribution in [2.24, 2.45) is 11.7 Å². The fourth-order valence-electron chi connectivity index (χ4n) is 2.12. The van der Waals surface area contributed by atoms with Gasteiger partial charge >= 0.3 is 0 Å². The smallest absolute Gasteiger partial charge is 0.225 e. The number of carbonyl (C=O) groups is 1. The molecule has 0 radical (unpaired) electrons. The van der Waals surface area contributed by atoms with Crippen molar-refractivity contribution in [1.29, 1.82) is 0 Å². The molecule has 1 saturated carbocycles. The molecule has 0 aromatic carbocycles. The van der Waals surface area contributed by atoms with Crippen LogP contribution in [0.1, 0.15) is 19.3 Å². The van der Waals surface area contributed by atoms with Crippen molar-refractivity contribution < 1.29 is 14.3 Å². The molecule has 4 nitrogen and oxygen atoms in total. The minimum absolute atomic E-state index is 0.236. The first-order valence-corrected chi connectivity index (χ1v) is 4.32. The van der Waals surface area contributed by atoms with Gasteiger partial charge in [0.2, 0.25) is 5.91 Å². The lowest BCUT2D eigenvalue weighted by Gasteiger charge is -2.26. The Morgan fingerprint density at radius 3 is 2.67 bits per heavy atom. The standard InChI is InChI=1S/C8H13NO3/c9-7(10)6-2-1-3-8(6)11-4-5-12-8/h6H,1-5H2,(H2,9,10). The predicted molar refractivity (Wildman–Crippen MR) is 41.2 cm³/mol. The second-order valence-corrected chi connectivity index (χ2v) is 3.36. The Bertz CT molecular complexity index is 193. The van der Waals surface area contributed by atoms with Gasteiger partial charge < -0.3 is 15.2 Å². The van der Waals surface area contributed by atoms with Gasteiger partial charge in [0, 0.05) is 6.42 Å². The maximum absolute atomic E-state index is 11.0. The van der Waals surface area contributed by atoms with Crippen molar-refractivity contribution in [2.45, 2.75) is 25.0 Å². The molecule has 68 valence electrons. The van der Waals surface area contributed by atoms with Crippen LogP contribution in [0.15, 0.2) is 0 Å². The number of rotatable bonds is 1. The summed E-state index contributed by atoms with van der Waals surface area (Å²) >= 11 is 0. The van der Waals surface area contributed by atoms with Gasteiger partial charge in [0.15, 0.2) is 5.79 Å². The Hall–Kier alpha value is -0.610. The predicted octanol–water partition coefficient (Wildman–Crippen LogP) is 0.0149. The third-order valence-electron chi connectivity index (χ3n) is 2.67. The molecule has 0 aromatic rings. The number of carbonyl (C=O) groups excluding carboxylic acids is 1. The number of hydrogen-bond donors (Lipinski definition) is 1. The lowest BCUT2D eigenvalue weighted by Crippen LogP contribution is -2.42. The fraction of sp³-hybridized carbons (Fsp3) is 0.875. The Morgan fingerprint density at radius 2 is 2.08 bits per heavy atom. The third-order valence-corrected chi connectivity index (χ3v) is 2.67. The highest BCUT2D eigenvalue weighted by molar-refractivity contribution is 5.78. The zero-order chi connectivity index (χ0) is 8.60. The molecule has 1 aliphatic carbocycles. The summed E-state index contributed by atoms with van der Waals surface area (Å²) in [5, 5.41) is 0. The number of nitrogens with two attached hydrogens (primary N) is 1. The van der Waals surface area contributed by atoms with E-state index < -0.39 is 5.79 Å². The maximum atomic E-state index is 11.0. The molecule has 2 rings (SSSR count). The second-order valence-electron chi connectivity index (χ2n) is 3.36. The summed E-state index contributed by atoms with van der Waals surface area (Å²) in [5.41, 5.74) is 5.25. The number of primary amides is 1. The van der Waals surface area contributed by atoms with Crippen LogP contribution in [0.3, 0.4) is 0 Å². The van der Waals surface area contributed by atoms with Crippen LogP contribution >= 0.6 is 0 Å². The van der Waals surface area contributed by atoms with Crippen LogP contribution in [-0.4, -0.2) is 24.9 Å². The first-order chi connectivity index (χ1) is 5.75. The van der Waals surface area contributed by atoms with E-state index in [2.05, 4.69) is 0 Å². The zero-order valence-corrected chi connectivity index (χ0v) is 6.91. The van der Waals surface area contributed by atoms with Crippen molar-refractivity contribution in [2.75, 3.05) is 13.2 Å². The molecule has 1 amide bonds. The van der Waals surface area contributed by atoms with E-state index in [-0.39, 0.29) is 11.8 Å². The van der Waals surface area contributed by atoms with Crippen molar-refractivity contribution in [1.82, 2.24) is 0 Å². The summed E-state index contributed by atoms with van der Waals surface area (Å²) in [6.45, 7) is 1.17. The minimum atomic E-state index is -0.647. The second kappa shape index (κ2) is 2.71. The van der Waals surface area contributed by atoms with Gasteiger partial charge in [0.05, 0.1) is 19.1 Å². The molecular weight excluding hydrogens is 158 g/mol. The van der Waals surface area contributed by atoms with Crippen LogP contribution in [0.5, 0.6) is 0 Å². The Kier molecular flexibility index (Phi) is 1.81. The lowest BCUT2D eigenvalue weighted by molar-refractivity contribution is -0.184. The topological polar surface area (TPSA) is 61.6 Å². The molecule has 12 heavy (non-hydrogen) atoms. The van der Waals surface area contributed by atoms with Crippen molar-refractivity contribution >= 4 is 5.91 Å². The highest BCUT2D eigenvalue weighted by Crippen LogP contribution is 2.41. The third kappa shape index (κ3) is 1.03. The van der Waals surface area contributed by atoms with Gasteiger partial charge in [0.1, 0.15) is 0 Å². The van der Waals surface area contributed by atoms with Crippen LogP contribution in [0.2, 0.25) is 0 Å². The van der Waals surface area contributed by atoms with Gasteiger partial charge in [-0.25, -0.2) is 0 Å². The molecule has 4 heteroatoms. The SMILES string of the molecule is NC(=O)C1CCCC12OCCO2. The van der Waals surface area contributed by atoms with E-state index >= 15 is 0 Å². The Labute approximate surface area is 71.0 Å². The monoisotopic (exact) mass is 171 g/mol. The van der Waals surface area contributed by atoms with E-state index in [0.29, 0.717) is 13.2 Å².